The number of para-hydroxylation sites is 1. The van der Waals surface area contributed by atoms with Gasteiger partial charge in [0.15, 0.2) is 11.6 Å². The molecule has 1 fully saturated rings. The van der Waals surface area contributed by atoms with Crippen LogP contribution in [0.1, 0.15) is 36.5 Å². The van der Waals surface area contributed by atoms with Gasteiger partial charge in [-0.3, -0.25) is 14.3 Å². The summed E-state index contributed by atoms with van der Waals surface area (Å²) in [6.07, 6.45) is 5.24. The monoisotopic (exact) mass is 536 g/mol. The van der Waals surface area contributed by atoms with Gasteiger partial charge in [-0.2, -0.15) is 5.10 Å². The molecule has 0 unspecified atom stereocenters. The Hall–Kier alpha value is -4.03. The molecule has 0 aliphatic carbocycles. The average Bonchev–Trinajstić information content (AvgIpc) is 3.38. The Balaban J connectivity index is 1.50. The molecule has 12 nitrogen and oxygen atoms in total. The number of methoxy groups -OCH3 is 2. The van der Waals surface area contributed by atoms with Crippen molar-refractivity contribution in [2.45, 2.75) is 31.8 Å². The number of ether oxygens (including phenoxy) is 2. The van der Waals surface area contributed by atoms with Gasteiger partial charge in [0.05, 0.1) is 35.2 Å². The van der Waals surface area contributed by atoms with E-state index < -0.39 is 0 Å². The second-order valence-electron chi connectivity index (χ2n) is 9.74. The summed E-state index contributed by atoms with van der Waals surface area (Å²) in [7, 11) is 6.64. The van der Waals surface area contributed by atoms with E-state index in [-0.39, 0.29) is 17.4 Å². The molecule has 1 aromatic carbocycles. The molecule has 1 aliphatic rings. The predicted molar refractivity (Wildman–Crippen MR) is 148 cm³/mol. The highest BCUT2D eigenvalue weighted by molar-refractivity contribution is 6.01. The van der Waals surface area contributed by atoms with Crippen molar-refractivity contribution in [2.24, 2.45) is 7.05 Å². The van der Waals surface area contributed by atoms with E-state index in [0.717, 1.165) is 25.9 Å². The number of pyridine rings is 1. The lowest BCUT2D eigenvalue weighted by molar-refractivity contribution is -0.116. The Morgan fingerprint density at radius 1 is 1.13 bits per heavy atom. The van der Waals surface area contributed by atoms with Crippen LogP contribution in [0.2, 0.25) is 0 Å². The molecule has 2 amide bonds. The number of aromatic nitrogens is 4. The number of anilines is 3. The van der Waals surface area contributed by atoms with Gasteiger partial charge in [-0.1, -0.05) is 6.07 Å². The maximum Gasteiger partial charge on any atom is 0.254 e. The lowest BCUT2D eigenvalue weighted by atomic mass is 9.93. The number of aryl methyl sites for hydroxylation is 1. The fourth-order valence-electron chi connectivity index (χ4n) is 4.50. The largest absolute Gasteiger partial charge is 0.494 e. The fourth-order valence-corrected chi connectivity index (χ4v) is 4.50. The minimum Gasteiger partial charge on any atom is -0.494 e. The van der Waals surface area contributed by atoms with Crippen LogP contribution in [-0.4, -0.2) is 83.0 Å². The highest BCUT2D eigenvalue weighted by atomic mass is 16.5. The minimum absolute atomic E-state index is 0.0884. The number of carbonyl (C=O) groups is 2. The third-order valence-electron chi connectivity index (χ3n) is 7.03. The van der Waals surface area contributed by atoms with E-state index in [4.69, 9.17) is 9.47 Å². The summed E-state index contributed by atoms with van der Waals surface area (Å²) >= 11 is 0. The summed E-state index contributed by atoms with van der Waals surface area (Å²) in [6, 6.07) is 7.16. The fraction of sp³-hybridized carbons (Fsp3) is 0.444. The molecule has 0 spiro atoms. The minimum atomic E-state index is -0.322. The van der Waals surface area contributed by atoms with Crippen molar-refractivity contribution in [3.63, 3.8) is 0 Å². The van der Waals surface area contributed by atoms with Gasteiger partial charge in [-0.25, -0.2) is 9.97 Å². The third kappa shape index (κ3) is 6.70. The maximum absolute atomic E-state index is 12.7. The molecule has 208 valence electrons. The smallest absolute Gasteiger partial charge is 0.254 e. The van der Waals surface area contributed by atoms with Crippen molar-refractivity contribution >= 4 is 29.0 Å². The molecule has 1 saturated heterocycles. The summed E-state index contributed by atoms with van der Waals surface area (Å²) < 4.78 is 12.9. The number of rotatable bonds is 10. The molecular weight excluding hydrogens is 500 g/mol. The lowest BCUT2D eigenvalue weighted by Gasteiger charge is -2.38. The molecule has 0 bridgehead atoms. The summed E-state index contributed by atoms with van der Waals surface area (Å²) in [5.41, 5.74) is 1.97. The van der Waals surface area contributed by atoms with Gasteiger partial charge in [0.1, 0.15) is 12.1 Å². The van der Waals surface area contributed by atoms with Crippen LogP contribution in [0, 0.1) is 0 Å². The maximum atomic E-state index is 12.7. The Bertz CT molecular complexity index is 1320. The van der Waals surface area contributed by atoms with Crippen LogP contribution in [-0.2, 0) is 16.6 Å². The van der Waals surface area contributed by atoms with E-state index in [1.54, 1.807) is 45.4 Å². The molecule has 3 heterocycles. The number of hydrogen-bond acceptors (Lipinski definition) is 9. The second kappa shape index (κ2) is 12.2. The third-order valence-corrected chi connectivity index (χ3v) is 7.03. The van der Waals surface area contributed by atoms with Crippen LogP contribution in [0.25, 0.3) is 11.4 Å². The highest BCUT2D eigenvalue weighted by Gasteiger charge is 2.29. The van der Waals surface area contributed by atoms with E-state index in [1.165, 1.54) is 6.20 Å². The lowest BCUT2D eigenvalue weighted by Crippen LogP contribution is -2.44. The Labute approximate surface area is 228 Å². The van der Waals surface area contributed by atoms with E-state index >= 15 is 0 Å². The van der Waals surface area contributed by atoms with Crippen molar-refractivity contribution < 1.29 is 19.1 Å². The normalized spacial score (nSPS) is 15.0. The standard InChI is InChI=1S/C27H36N8O4/c1-27(39-5)10-13-35(14-11-27)12-9-23(36)32-22-15-21(19(16-29-22)26(37)28-2)31-20-8-6-7-18(24(20)38-4)25-30-17-34(3)33-25/h6-8,15-17H,9-14H2,1-5H3,(H,28,37)(H2,29,31,32,36). The first-order valence-corrected chi connectivity index (χ1v) is 12.8. The quantitative estimate of drug-likeness (QED) is 0.357. The molecule has 0 radical (unpaired) electrons. The number of amides is 2. The van der Waals surface area contributed by atoms with Crippen LogP contribution >= 0.6 is 0 Å². The number of hydrogen-bond donors (Lipinski definition) is 3. The van der Waals surface area contributed by atoms with Gasteiger partial charge in [-0.05, 0) is 31.9 Å². The van der Waals surface area contributed by atoms with Crippen molar-refractivity contribution in [1.29, 1.82) is 0 Å². The van der Waals surface area contributed by atoms with Crippen LogP contribution in [0.5, 0.6) is 5.75 Å². The molecule has 2 aromatic heterocycles. The summed E-state index contributed by atoms with van der Waals surface area (Å²) in [5.74, 6) is 0.884. The molecule has 3 aromatic rings. The van der Waals surface area contributed by atoms with E-state index in [0.29, 0.717) is 52.9 Å². The predicted octanol–water partition coefficient (Wildman–Crippen LogP) is 2.82. The van der Waals surface area contributed by atoms with Gasteiger partial charge in [0, 0.05) is 59.5 Å². The van der Waals surface area contributed by atoms with Crippen molar-refractivity contribution in [2.75, 3.05) is 51.5 Å². The Morgan fingerprint density at radius 2 is 1.90 bits per heavy atom. The van der Waals surface area contributed by atoms with Gasteiger partial charge in [-0.15, -0.1) is 0 Å². The summed E-state index contributed by atoms with van der Waals surface area (Å²) in [4.78, 5) is 36.3. The summed E-state index contributed by atoms with van der Waals surface area (Å²) in [6.45, 7) is 4.55. The first kappa shape index (κ1) is 28.0. The summed E-state index contributed by atoms with van der Waals surface area (Å²) in [5, 5.41) is 13.1. The zero-order valence-corrected chi connectivity index (χ0v) is 23.1. The Kier molecular flexibility index (Phi) is 8.77. The SMILES string of the molecule is CNC(=O)c1cnc(NC(=O)CCN2CCC(C)(OC)CC2)cc1Nc1cccc(-c2ncn(C)n2)c1OC. The van der Waals surface area contributed by atoms with Gasteiger partial charge in [0.25, 0.3) is 5.91 Å². The topological polar surface area (TPSA) is 136 Å². The highest BCUT2D eigenvalue weighted by Crippen LogP contribution is 2.37. The Morgan fingerprint density at radius 3 is 2.54 bits per heavy atom. The first-order chi connectivity index (χ1) is 18.7. The molecule has 0 saturated carbocycles. The zero-order chi connectivity index (χ0) is 28.0. The van der Waals surface area contributed by atoms with Crippen molar-refractivity contribution in [1.82, 2.24) is 30.0 Å². The van der Waals surface area contributed by atoms with Crippen LogP contribution in [0.3, 0.4) is 0 Å². The van der Waals surface area contributed by atoms with Gasteiger partial charge < -0.3 is 30.3 Å². The van der Waals surface area contributed by atoms with Gasteiger partial charge in [0.2, 0.25) is 5.91 Å². The van der Waals surface area contributed by atoms with Gasteiger partial charge >= 0.3 is 0 Å². The number of benzene rings is 1. The molecule has 0 atom stereocenters. The van der Waals surface area contributed by atoms with E-state index in [2.05, 4.69) is 42.8 Å². The first-order valence-electron chi connectivity index (χ1n) is 12.8. The van der Waals surface area contributed by atoms with E-state index in [9.17, 15) is 9.59 Å². The van der Waals surface area contributed by atoms with Crippen molar-refractivity contribution in [3.05, 3.63) is 42.4 Å². The van der Waals surface area contributed by atoms with Crippen LogP contribution in [0.15, 0.2) is 36.8 Å². The van der Waals surface area contributed by atoms with E-state index in [1.807, 2.05) is 18.2 Å². The number of carbonyl (C=O) groups excluding carboxylic acids is 2. The number of nitrogens with zero attached hydrogens (tertiary/aromatic N) is 5. The number of likely N-dealkylation sites (tertiary alicyclic amines) is 1. The van der Waals surface area contributed by atoms with Crippen LogP contribution < -0.4 is 20.7 Å². The zero-order valence-electron chi connectivity index (χ0n) is 23.1. The van der Waals surface area contributed by atoms with Crippen molar-refractivity contribution in [3.8, 4) is 17.1 Å². The average molecular weight is 537 g/mol. The molecule has 4 rings (SSSR count). The second-order valence-corrected chi connectivity index (χ2v) is 9.74. The molecular formula is C27H36N8O4. The molecule has 3 N–H and O–H groups in total. The molecule has 1 aliphatic heterocycles. The molecule has 39 heavy (non-hydrogen) atoms. The van der Waals surface area contributed by atoms with Crippen LogP contribution in [0.4, 0.5) is 17.2 Å². The number of piperidine rings is 1. The molecule has 12 heteroatoms. The number of nitrogens with one attached hydrogen (secondary N) is 3.